The number of likely N-dealkylation sites (N-methyl/N-ethyl adjacent to an activating group) is 1. The molecule has 2 rings (SSSR count). The number of nitrogens with zero attached hydrogens (tertiary/aromatic N) is 3. The number of likely N-dealkylation sites (tertiary alicyclic amines) is 1. The van der Waals surface area contributed by atoms with Crippen molar-refractivity contribution >= 4 is 5.91 Å². The molecule has 1 amide bonds. The van der Waals surface area contributed by atoms with E-state index >= 15 is 0 Å². The van der Waals surface area contributed by atoms with Crippen LogP contribution in [0.2, 0.25) is 0 Å². The molecule has 1 aliphatic heterocycles. The molecule has 2 heterocycles. The van der Waals surface area contributed by atoms with Gasteiger partial charge in [0.15, 0.2) is 0 Å². The molecule has 5 nitrogen and oxygen atoms in total. The van der Waals surface area contributed by atoms with Crippen LogP contribution in [0.3, 0.4) is 0 Å². The maximum Gasteiger partial charge on any atom is 0.224 e. The van der Waals surface area contributed by atoms with Gasteiger partial charge >= 0.3 is 0 Å². The Bertz CT molecular complexity index is 376. The van der Waals surface area contributed by atoms with E-state index in [-0.39, 0.29) is 18.0 Å². The predicted octanol–water partition coefficient (Wildman–Crippen LogP) is 0.0155. The molecule has 0 radical (unpaired) electrons. The number of hydrogen-bond acceptors (Lipinski definition) is 4. The van der Waals surface area contributed by atoms with Crippen molar-refractivity contribution < 1.29 is 4.79 Å². The third-order valence-electron chi connectivity index (χ3n) is 2.75. The standard InChI is InChI=1S/C10H14N4O/c1-6-3-4-8(13-12-6)10-7(11)5-9(15)14(10)2/h3-4,7,10H,5,11H2,1-2H3/t7-,10-/m1/s1. The van der Waals surface area contributed by atoms with E-state index in [1.54, 1.807) is 11.9 Å². The molecule has 5 heteroatoms. The van der Waals surface area contributed by atoms with Gasteiger partial charge in [-0.15, -0.1) is 0 Å². The van der Waals surface area contributed by atoms with Crippen LogP contribution in [0, 0.1) is 6.92 Å². The van der Waals surface area contributed by atoms with E-state index < -0.39 is 0 Å². The Kier molecular flexibility index (Phi) is 2.40. The van der Waals surface area contributed by atoms with Crippen LogP contribution in [0.1, 0.15) is 23.9 Å². The Morgan fingerprint density at radius 2 is 2.20 bits per heavy atom. The average Bonchev–Trinajstić information content (AvgIpc) is 2.44. The molecule has 2 atom stereocenters. The molecule has 1 aromatic heterocycles. The predicted molar refractivity (Wildman–Crippen MR) is 54.9 cm³/mol. The smallest absolute Gasteiger partial charge is 0.224 e. The second-order valence-corrected chi connectivity index (χ2v) is 3.92. The summed E-state index contributed by atoms with van der Waals surface area (Å²) >= 11 is 0. The van der Waals surface area contributed by atoms with Gasteiger partial charge in [0.2, 0.25) is 5.91 Å². The van der Waals surface area contributed by atoms with Gasteiger partial charge in [0.05, 0.1) is 17.4 Å². The van der Waals surface area contributed by atoms with Crippen molar-refractivity contribution in [3.8, 4) is 0 Å². The largest absolute Gasteiger partial charge is 0.335 e. The number of aromatic nitrogens is 2. The molecule has 80 valence electrons. The highest BCUT2D eigenvalue weighted by Gasteiger charge is 2.37. The maximum atomic E-state index is 11.4. The van der Waals surface area contributed by atoms with Gasteiger partial charge in [-0.3, -0.25) is 4.79 Å². The Morgan fingerprint density at radius 3 is 2.67 bits per heavy atom. The average molecular weight is 206 g/mol. The molecule has 0 saturated carbocycles. The van der Waals surface area contributed by atoms with Crippen molar-refractivity contribution in [2.24, 2.45) is 5.73 Å². The monoisotopic (exact) mass is 206 g/mol. The summed E-state index contributed by atoms with van der Waals surface area (Å²) in [5.74, 6) is 0.0647. The third-order valence-corrected chi connectivity index (χ3v) is 2.75. The summed E-state index contributed by atoms with van der Waals surface area (Å²) in [7, 11) is 1.75. The molecule has 1 fully saturated rings. The number of carbonyl (C=O) groups is 1. The van der Waals surface area contributed by atoms with Crippen LogP contribution in [0.4, 0.5) is 0 Å². The van der Waals surface area contributed by atoms with Gasteiger partial charge in [0, 0.05) is 19.5 Å². The Labute approximate surface area is 88.3 Å². The zero-order valence-corrected chi connectivity index (χ0v) is 8.84. The van der Waals surface area contributed by atoms with E-state index in [4.69, 9.17) is 5.73 Å². The van der Waals surface area contributed by atoms with E-state index in [2.05, 4.69) is 10.2 Å². The molecule has 0 unspecified atom stereocenters. The van der Waals surface area contributed by atoms with Gasteiger partial charge in [-0.25, -0.2) is 0 Å². The second-order valence-electron chi connectivity index (χ2n) is 3.92. The molecule has 1 aromatic rings. The lowest BCUT2D eigenvalue weighted by Crippen LogP contribution is -2.31. The van der Waals surface area contributed by atoms with Crippen molar-refractivity contribution in [3.05, 3.63) is 23.5 Å². The summed E-state index contributed by atoms with van der Waals surface area (Å²) in [6.07, 6.45) is 0.386. The zero-order chi connectivity index (χ0) is 11.0. The summed E-state index contributed by atoms with van der Waals surface area (Å²) in [6, 6.07) is 3.44. The highest BCUT2D eigenvalue weighted by molar-refractivity contribution is 5.79. The number of rotatable bonds is 1. The van der Waals surface area contributed by atoms with Crippen molar-refractivity contribution in [3.63, 3.8) is 0 Å². The van der Waals surface area contributed by atoms with Gasteiger partial charge in [-0.05, 0) is 19.1 Å². The first-order valence-electron chi connectivity index (χ1n) is 4.91. The summed E-state index contributed by atoms with van der Waals surface area (Å²) in [4.78, 5) is 13.1. The minimum Gasteiger partial charge on any atom is -0.335 e. The Morgan fingerprint density at radius 1 is 1.47 bits per heavy atom. The molecule has 0 spiro atoms. The number of nitrogens with two attached hydrogens (primary N) is 1. The highest BCUT2D eigenvalue weighted by atomic mass is 16.2. The van der Waals surface area contributed by atoms with Crippen LogP contribution < -0.4 is 5.73 Å². The van der Waals surface area contributed by atoms with Crippen molar-refractivity contribution in [2.75, 3.05) is 7.05 Å². The fraction of sp³-hybridized carbons (Fsp3) is 0.500. The van der Waals surface area contributed by atoms with Crippen LogP contribution in [0.25, 0.3) is 0 Å². The summed E-state index contributed by atoms with van der Waals surface area (Å²) < 4.78 is 0. The molecule has 1 saturated heterocycles. The molecule has 1 aliphatic rings. The van der Waals surface area contributed by atoms with Crippen LogP contribution in [0.5, 0.6) is 0 Å². The molecule has 0 bridgehead atoms. The Hall–Kier alpha value is -1.49. The zero-order valence-electron chi connectivity index (χ0n) is 8.84. The van der Waals surface area contributed by atoms with E-state index in [0.717, 1.165) is 11.4 Å². The number of carbonyl (C=O) groups excluding carboxylic acids is 1. The molecule has 0 aliphatic carbocycles. The number of amides is 1. The minimum atomic E-state index is -0.181. The van der Waals surface area contributed by atoms with Crippen molar-refractivity contribution in [2.45, 2.75) is 25.4 Å². The maximum absolute atomic E-state index is 11.4. The fourth-order valence-electron chi connectivity index (χ4n) is 1.88. The van der Waals surface area contributed by atoms with Gasteiger partial charge in [-0.1, -0.05) is 0 Å². The quantitative estimate of drug-likeness (QED) is 0.703. The topological polar surface area (TPSA) is 72.1 Å². The highest BCUT2D eigenvalue weighted by Crippen LogP contribution is 2.28. The van der Waals surface area contributed by atoms with Gasteiger partial charge in [0.25, 0.3) is 0 Å². The van der Waals surface area contributed by atoms with E-state index in [9.17, 15) is 4.79 Å². The van der Waals surface area contributed by atoms with Crippen LogP contribution >= 0.6 is 0 Å². The first kappa shape index (κ1) is 10.0. The molecule has 0 aromatic carbocycles. The van der Waals surface area contributed by atoms with Crippen LogP contribution in [-0.4, -0.2) is 34.1 Å². The van der Waals surface area contributed by atoms with Gasteiger partial charge < -0.3 is 10.6 Å². The SMILES string of the molecule is Cc1ccc([C@H]2[C@H](N)CC(=O)N2C)nn1. The summed E-state index contributed by atoms with van der Waals surface area (Å²) in [5, 5.41) is 8.05. The van der Waals surface area contributed by atoms with Gasteiger partial charge in [0.1, 0.15) is 0 Å². The molecule has 15 heavy (non-hydrogen) atoms. The van der Waals surface area contributed by atoms with E-state index in [1.807, 2.05) is 19.1 Å². The normalized spacial score (nSPS) is 26.1. The van der Waals surface area contributed by atoms with E-state index in [1.165, 1.54) is 0 Å². The van der Waals surface area contributed by atoms with Crippen LogP contribution in [-0.2, 0) is 4.79 Å². The number of aryl methyl sites for hydroxylation is 1. The first-order chi connectivity index (χ1) is 7.09. The lowest BCUT2D eigenvalue weighted by atomic mass is 10.1. The first-order valence-corrected chi connectivity index (χ1v) is 4.91. The summed E-state index contributed by atoms with van der Waals surface area (Å²) in [6.45, 7) is 1.88. The van der Waals surface area contributed by atoms with E-state index in [0.29, 0.717) is 6.42 Å². The third kappa shape index (κ3) is 1.70. The molecular formula is C10H14N4O. The summed E-state index contributed by atoms with van der Waals surface area (Å²) in [5.41, 5.74) is 7.53. The van der Waals surface area contributed by atoms with Crippen molar-refractivity contribution in [1.82, 2.24) is 15.1 Å². The van der Waals surface area contributed by atoms with Gasteiger partial charge in [-0.2, -0.15) is 10.2 Å². The fourth-order valence-corrected chi connectivity index (χ4v) is 1.88. The second kappa shape index (κ2) is 3.58. The van der Waals surface area contributed by atoms with Crippen molar-refractivity contribution in [1.29, 1.82) is 0 Å². The lowest BCUT2D eigenvalue weighted by molar-refractivity contribution is -0.127. The minimum absolute atomic E-state index is 0.0647. The Balaban J connectivity index is 2.30. The number of hydrogen-bond donors (Lipinski definition) is 1. The lowest BCUT2D eigenvalue weighted by Gasteiger charge is -2.21. The molecule has 2 N–H and O–H groups in total. The van der Waals surface area contributed by atoms with Crippen LogP contribution in [0.15, 0.2) is 12.1 Å². The molecular weight excluding hydrogens is 192 g/mol.